The van der Waals surface area contributed by atoms with Crippen LogP contribution in [-0.2, 0) is 9.59 Å². The molecule has 0 aromatic heterocycles. The number of amides is 2. The normalized spacial score (nSPS) is 15.6. The summed E-state index contributed by atoms with van der Waals surface area (Å²) in [7, 11) is 0. The van der Waals surface area contributed by atoms with Gasteiger partial charge in [0.05, 0.1) is 15.7 Å². The van der Waals surface area contributed by atoms with E-state index in [0.717, 1.165) is 5.01 Å². The molecule has 0 spiro atoms. The number of halogens is 3. The molecule has 1 heterocycles. The Morgan fingerprint density at radius 3 is 1.94 bits per heavy atom. The number of carbonyl (C=O) groups excluding carboxylic acids is 2. The van der Waals surface area contributed by atoms with Crippen molar-refractivity contribution in [2.24, 2.45) is 0 Å². The second-order valence-corrected chi connectivity index (χ2v) is 4.73. The SMILES string of the molecule is O=C1CCC(=O)N1Nc1c(Cl)cc(Cl)cc1Cl. The quantitative estimate of drug-likeness (QED) is 0.852. The van der Waals surface area contributed by atoms with Gasteiger partial charge in [0.25, 0.3) is 0 Å². The summed E-state index contributed by atoms with van der Waals surface area (Å²) in [6.07, 6.45) is 0.378. The standard InChI is InChI=1S/C10H7Cl3N2O2/c11-5-3-6(12)10(7(13)4-5)14-15-8(16)1-2-9(15)17/h3-4,14H,1-2H2. The molecule has 0 saturated carbocycles. The van der Waals surface area contributed by atoms with Crippen molar-refractivity contribution in [3.05, 3.63) is 27.2 Å². The van der Waals surface area contributed by atoms with Crippen molar-refractivity contribution in [3.63, 3.8) is 0 Å². The zero-order valence-electron chi connectivity index (χ0n) is 8.47. The minimum atomic E-state index is -0.308. The van der Waals surface area contributed by atoms with E-state index in [0.29, 0.717) is 10.7 Å². The maximum atomic E-state index is 11.4. The number of hydrogen-bond donors (Lipinski definition) is 1. The first kappa shape index (κ1) is 12.5. The van der Waals surface area contributed by atoms with Crippen LogP contribution in [0.2, 0.25) is 15.1 Å². The van der Waals surface area contributed by atoms with Gasteiger partial charge in [-0.2, -0.15) is 5.01 Å². The molecule has 2 rings (SSSR count). The van der Waals surface area contributed by atoms with E-state index < -0.39 is 0 Å². The van der Waals surface area contributed by atoms with Crippen LogP contribution in [-0.4, -0.2) is 16.8 Å². The lowest BCUT2D eigenvalue weighted by molar-refractivity contribution is -0.136. The highest BCUT2D eigenvalue weighted by atomic mass is 35.5. The fourth-order valence-electron chi connectivity index (χ4n) is 1.46. The van der Waals surface area contributed by atoms with Gasteiger partial charge in [-0.15, -0.1) is 0 Å². The third-order valence-corrected chi connectivity index (χ3v) is 3.10. The average Bonchev–Trinajstić information content (AvgIpc) is 2.53. The summed E-state index contributed by atoms with van der Waals surface area (Å²) in [5.41, 5.74) is 2.91. The van der Waals surface area contributed by atoms with Crippen molar-refractivity contribution in [1.29, 1.82) is 0 Å². The van der Waals surface area contributed by atoms with Gasteiger partial charge in [0, 0.05) is 17.9 Å². The van der Waals surface area contributed by atoms with Gasteiger partial charge in [-0.3, -0.25) is 15.0 Å². The molecule has 1 aliphatic heterocycles. The molecule has 0 unspecified atom stereocenters. The van der Waals surface area contributed by atoms with E-state index in [-0.39, 0.29) is 34.7 Å². The van der Waals surface area contributed by atoms with Gasteiger partial charge in [-0.05, 0) is 12.1 Å². The van der Waals surface area contributed by atoms with Gasteiger partial charge in [0.1, 0.15) is 0 Å². The maximum Gasteiger partial charge on any atom is 0.248 e. The molecule has 7 heteroatoms. The van der Waals surface area contributed by atoms with Crippen LogP contribution in [0.1, 0.15) is 12.8 Å². The molecule has 1 N–H and O–H groups in total. The highest BCUT2D eigenvalue weighted by Gasteiger charge is 2.30. The fourth-order valence-corrected chi connectivity index (χ4v) is 2.36. The van der Waals surface area contributed by atoms with Crippen molar-refractivity contribution in [2.45, 2.75) is 12.8 Å². The van der Waals surface area contributed by atoms with Crippen LogP contribution in [0.3, 0.4) is 0 Å². The monoisotopic (exact) mass is 292 g/mol. The lowest BCUT2D eigenvalue weighted by Crippen LogP contribution is -2.34. The van der Waals surface area contributed by atoms with Crippen molar-refractivity contribution < 1.29 is 9.59 Å². The lowest BCUT2D eigenvalue weighted by atomic mass is 10.3. The lowest BCUT2D eigenvalue weighted by Gasteiger charge is -2.18. The van der Waals surface area contributed by atoms with Crippen molar-refractivity contribution in [3.8, 4) is 0 Å². The summed E-state index contributed by atoms with van der Waals surface area (Å²) in [4.78, 5) is 22.8. The maximum absolute atomic E-state index is 11.4. The molecule has 90 valence electrons. The van der Waals surface area contributed by atoms with Gasteiger partial charge < -0.3 is 0 Å². The first-order valence-electron chi connectivity index (χ1n) is 4.76. The summed E-state index contributed by atoms with van der Waals surface area (Å²) in [6, 6.07) is 2.95. The number of carbonyl (C=O) groups is 2. The zero-order chi connectivity index (χ0) is 12.6. The van der Waals surface area contributed by atoms with E-state index >= 15 is 0 Å². The molecule has 1 saturated heterocycles. The number of imide groups is 1. The minimum Gasteiger partial charge on any atom is -0.286 e. The molecule has 0 bridgehead atoms. The molecule has 17 heavy (non-hydrogen) atoms. The zero-order valence-corrected chi connectivity index (χ0v) is 10.7. The van der Waals surface area contributed by atoms with Crippen LogP contribution in [0.15, 0.2) is 12.1 Å². The van der Waals surface area contributed by atoms with E-state index in [2.05, 4.69) is 5.43 Å². The van der Waals surface area contributed by atoms with Gasteiger partial charge in [0.15, 0.2) is 0 Å². The van der Waals surface area contributed by atoms with Gasteiger partial charge in [-0.25, -0.2) is 0 Å². The minimum absolute atomic E-state index is 0.189. The molecule has 1 aliphatic rings. The van der Waals surface area contributed by atoms with Gasteiger partial charge in [0.2, 0.25) is 11.8 Å². The Morgan fingerprint density at radius 2 is 1.47 bits per heavy atom. The van der Waals surface area contributed by atoms with Crippen LogP contribution < -0.4 is 5.43 Å². The number of nitrogens with zero attached hydrogens (tertiary/aromatic N) is 1. The highest BCUT2D eigenvalue weighted by molar-refractivity contribution is 6.41. The number of anilines is 1. The van der Waals surface area contributed by atoms with E-state index in [1.165, 1.54) is 12.1 Å². The molecule has 1 aromatic carbocycles. The fraction of sp³-hybridized carbons (Fsp3) is 0.200. The third kappa shape index (κ3) is 2.49. The van der Waals surface area contributed by atoms with Crippen molar-refractivity contribution >= 4 is 52.3 Å². The summed E-state index contributed by atoms with van der Waals surface area (Å²) >= 11 is 17.6. The topological polar surface area (TPSA) is 49.4 Å². The molecule has 0 radical (unpaired) electrons. The Hall–Kier alpha value is -0.970. The Balaban J connectivity index is 2.30. The highest BCUT2D eigenvalue weighted by Crippen LogP contribution is 2.34. The van der Waals surface area contributed by atoms with Crippen LogP contribution >= 0.6 is 34.8 Å². The summed E-state index contributed by atoms with van der Waals surface area (Å²) < 4.78 is 0. The molecular weight excluding hydrogens is 286 g/mol. The van der Waals surface area contributed by atoms with E-state index in [1.807, 2.05) is 0 Å². The first-order valence-corrected chi connectivity index (χ1v) is 5.89. The molecule has 0 atom stereocenters. The predicted molar refractivity (Wildman–Crippen MR) is 66.2 cm³/mol. The Kier molecular flexibility index (Phi) is 3.47. The smallest absolute Gasteiger partial charge is 0.248 e. The van der Waals surface area contributed by atoms with E-state index in [9.17, 15) is 9.59 Å². The first-order chi connectivity index (χ1) is 7.99. The van der Waals surface area contributed by atoms with E-state index in [1.54, 1.807) is 0 Å². The van der Waals surface area contributed by atoms with E-state index in [4.69, 9.17) is 34.8 Å². The van der Waals surface area contributed by atoms with Crippen LogP contribution in [0.5, 0.6) is 0 Å². The Bertz CT molecular complexity index is 465. The van der Waals surface area contributed by atoms with Crippen molar-refractivity contribution in [1.82, 2.24) is 5.01 Å². The molecular formula is C10H7Cl3N2O2. The Labute approximate surface area is 112 Å². The second kappa shape index (κ2) is 4.72. The largest absolute Gasteiger partial charge is 0.286 e. The number of hydrazine groups is 1. The molecule has 1 aromatic rings. The Morgan fingerprint density at radius 1 is 1.00 bits per heavy atom. The van der Waals surface area contributed by atoms with Crippen LogP contribution in [0, 0.1) is 0 Å². The van der Waals surface area contributed by atoms with Gasteiger partial charge >= 0.3 is 0 Å². The summed E-state index contributed by atoms with van der Waals surface area (Å²) in [6.45, 7) is 0. The molecule has 4 nitrogen and oxygen atoms in total. The number of rotatable bonds is 2. The van der Waals surface area contributed by atoms with Crippen LogP contribution in [0.4, 0.5) is 5.69 Å². The number of hydrogen-bond acceptors (Lipinski definition) is 3. The number of nitrogens with one attached hydrogen (secondary N) is 1. The number of benzene rings is 1. The summed E-state index contributed by atoms with van der Waals surface area (Å²) in [5, 5.41) is 1.79. The van der Waals surface area contributed by atoms with Crippen molar-refractivity contribution in [2.75, 3.05) is 5.43 Å². The third-order valence-electron chi connectivity index (χ3n) is 2.28. The molecule has 1 fully saturated rings. The predicted octanol–water partition coefficient (Wildman–Crippen LogP) is 3.12. The average molecular weight is 294 g/mol. The van der Waals surface area contributed by atoms with Gasteiger partial charge in [-0.1, -0.05) is 34.8 Å². The molecule has 0 aliphatic carbocycles. The summed E-state index contributed by atoms with van der Waals surface area (Å²) in [5.74, 6) is -0.617. The molecule has 2 amide bonds. The second-order valence-electron chi connectivity index (χ2n) is 3.48. The van der Waals surface area contributed by atoms with Crippen LogP contribution in [0.25, 0.3) is 0 Å².